The average Bonchev–Trinajstić information content (AvgIpc) is 2.76. The molecule has 0 saturated carbocycles. The number of hydrogen-bond donors (Lipinski definition) is 2. The van der Waals surface area contributed by atoms with Gasteiger partial charge in [-0.1, -0.05) is 12.1 Å². The number of aromatic nitrogens is 2. The third kappa shape index (κ3) is 5.09. The summed E-state index contributed by atoms with van der Waals surface area (Å²) >= 11 is 0. The SMILES string of the molecule is c1ccc(N2CCOCC2)c(Nc2cc(NCCN3CCOCC3)ncn2)c1. The van der Waals surface area contributed by atoms with E-state index in [0.29, 0.717) is 0 Å². The van der Waals surface area contributed by atoms with Gasteiger partial charge in [0.05, 0.1) is 37.8 Å². The van der Waals surface area contributed by atoms with Gasteiger partial charge in [0.25, 0.3) is 0 Å². The molecular weight excluding hydrogens is 356 g/mol. The lowest BCUT2D eigenvalue weighted by molar-refractivity contribution is 0.0398. The molecule has 0 bridgehead atoms. The molecule has 0 atom stereocenters. The zero-order valence-electron chi connectivity index (χ0n) is 16.1. The van der Waals surface area contributed by atoms with Crippen LogP contribution in [0.15, 0.2) is 36.7 Å². The van der Waals surface area contributed by atoms with Gasteiger partial charge in [0, 0.05) is 45.3 Å². The van der Waals surface area contributed by atoms with E-state index >= 15 is 0 Å². The lowest BCUT2D eigenvalue weighted by Gasteiger charge is -2.30. The van der Waals surface area contributed by atoms with Crippen molar-refractivity contribution in [3.8, 4) is 0 Å². The van der Waals surface area contributed by atoms with E-state index in [9.17, 15) is 0 Å². The molecule has 2 aromatic rings. The Kier molecular flexibility index (Phi) is 6.54. The lowest BCUT2D eigenvalue weighted by Crippen LogP contribution is -2.39. The van der Waals surface area contributed by atoms with Crippen LogP contribution in [0.5, 0.6) is 0 Å². The summed E-state index contributed by atoms with van der Waals surface area (Å²) in [4.78, 5) is 13.5. The largest absolute Gasteiger partial charge is 0.379 e. The molecule has 0 aliphatic carbocycles. The Morgan fingerprint density at radius 2 is 1.61 bits per heavy atom. The molecule has 0 amide bonds. The summed E-state index contributed by atoms with van der Waals surface area (Å²) in [5, 5.41) is 6.85. The van der Waals surface area contributed by atoms with E-state index in [0.717, 1.165) is 83.0 Å². The molecule has 1 aromatic carbocycles. The molecule has 8 nitrogen and oxygen atoms in total. The molecule has 0 spiro atoms. The molecule has 2 saturated heterocycles. The maximum Gasteiger partial charge on any atom is 0.135 e. The number of anilines is 4. The number of para-hydroxylation sites is 2. The zero-order valence-corrected chi connectivity index (χ0v) is 16.1. The number of morpholine rings is 2. The van der Waals surface area contributed by atoms with Crippen molar-refractivity contribution >= 4 is 23.0 Å². The van der Waals surface area contributed by atoms with E-state index in [1.165, 1.54) is 5.69 Å². The van der Waals surface area contributed by atoms with Gasteiger partial charge in [-0.15, -0.1) is 0 Å². The van der Waals surface area contributed by atoms with Crippen molar-refractivity contribution in [3.05, 3.63) is 36.7 Å². The van der Waals surface area contributed by atoms with Crippen LogP contribution < -0.4 is 15.5 Å². The van der Waals surface area contributed by atoms with Crippen LogP contribution in [-0.2, 0) is 9.47 Å². The topological polar surface area (TPSA) is 74.8 Å². The van der Waals surface area contributed by atoms with Gasteiger partial charge in [-0.2, -0.15) is 0 Å². The number of rotatable bonds is 7. The highest BCUT2D eigenvalue weighted by Gasteiger charge is 2.15. The first-order valence-electron chi connectivity index (χ1n) is 9.93. The van der Waals surface area contributed by atoms with Crippen LogP contribution in [0.4, 0.5) is 23.0 Å². The average molecular weight is 384 g/mol. The van der Waals surface area contributed by atoms with Gasteiger partial charge in [0.15, 0.2) is 0 Å². The van der Waals surface area contributed by atoms with Crippen molar-refractivity contribution in [2.75, 3.05) is 81.2 Å². The van der Waals surface area contributed by atoms with Gasteiger partial charge in [0.1, 0.15) is 18.0 Å². The van der Waals surface area contributed by atoms with E-state index in [4.69, 9.17) is 9.47 Å². The number of nitrogens with one attached hydrogen (secondary N) is 2. The molecule has 150 valence electrons. The van der Waals surface area contributed by atoms with Crippen LogP contribution in [0.1, 0.15) is 0 Å². The monoisotopic (exact) mass is 384 g/mol. The quantitative estimate of drug-likeness (QED) is 0.749. The molecule has 0 radical (unpaired) electrons. The van der Waals surface area contributed by atoms with Gasteiger partial charge in [-0.05, 0) is 12.1 Å². The zero-order chi connectivity index (χ0) is 19.0. The molecule has 28 heavy (non-hydrogen) atoms. The van der Waals surface area contributed by atoms with Gasteiger partial charge >= 0.3 is 0 Å². The molecule has 4 rings (SSSR count). The molecule has 2 N–H and O–H groups in total. The minimum Gasteiger partial charge on any atom is -0.379 e. The van der Waals surface area contributed by atoms with Crippen molar-refractivity contribution in [1.29, 1.82) is 0 Å². The molecular formula is C20H28N6O2. The summed E-state index contributed by atoms with van der Waals surface area (Å²) in [6.07, 6.45) is 1.59. The maximum atomic E-state index is 5.48. The third-order valence-electron chi connectivity index (χ3n) is 5.02. The van der Waals surface area contributed by atoms with E-state index < -0.39 is 0 Å². The maximum absolute atomic E-state index is 5.48. The number of ether oxygens (including phenoxy) is 2. The predicted octanol–water partition coefficient (Wildman–Crippen LogP) is 1.80. The highest BCUT2D eigenvalue weighted by Crippen LogP contribution is 2.29. The predicted molar refractivity (Wildman–Crippen MR) is 111 cm³/mol. The van der Waals surface area contributed by atoms with E-state index in [1.807, 2.05) is 12.1 Å². The number of nitrogens with zero attached hydrogens (tertiary/aromatic N) is 4. The Bertz CT molecular complexity index is 747. The Labute approximate surface area is 165 Å². The fraction of sp³-hybridized carbons (Fsp3) is 0.500. The number of hydrogen-bond acceptors (Lipinski definition) is 8. The Morgan fingerprint density at radius 1 is 0.893 bits per heavy atom. The fourth-order valence-corrected chi connectivity index (χ4v) is 3.49. The molecule has 2 fully saturated rings. The summed E-state index contributed by atoms with van der Waals surface area (Å²) in [7, 11) is 0. The van der Waals surface area contributed by atoms with Crippen LogP contribution in [0.25, 0.3) is 0 Å². The first-order chi connectivity index (χ1) is 13.9. The number of benzene rings is 1. The summed E-state index contributed by atoms with van der Waals surface area (Å²) in [5.41, 5.74) is 2.22. The van der Waals surface area contributed by atoms with Crippen LogP contribution in [0.3, 0.4) is 0 Å². The third-order valence-corrected chi connectivity index (χ3v) is 5.02. The summed E-state index contributed by atoms with van der Waals surface area (Å²) in [6.45, 7) is 8.80. The standard InChI is InChI=1S/C20H28N6O2/c1-2-4-18(26-9-13-28-14-10-26)17(3-1)24-20-15-19(22-16-23-20)21-5-6-25-7-11-27-12-8-25/h1-4,15-16H,5-14H2,(H2,21,22,23,24). The Balaban J connectivity index is 1.37. The molecule has 3 heterocycles. The van der Waals surface area contributed by atoms with E-state index in [-0.39, 0.29) is 0 Å². The van der Waals surface area contributed by atoms with Gasteiger partial charge < -0.3 is 25.0 Å². The van der Waals surface area contributed by atoms with Gasteiger partial charge in [0.2, 0.25) is 0 Å². The van der Waals surface area contributed by atoms with Crippen molar-refractivity contribution in [1.82, 2.24) is 14.9 Å². The second-order valence-corrected chi connectivity index (χ2v) is 6.91. The second-order valence-electron chi connectivity index (χ2n) is 6.91. The van der Waals surface area contributed by atoms with Crippen molar-refractivity contribution in [2.45, 2.75) is 0 Å². The first kappa shape index (κ1) is 18.9. The molecule has 8 heteroatoms. The lowest BCUT2D eigenvalue weighted by atomic mass is 10.2. The van der Waals surface area contributed by atoms with E-state index in [2.05, 4.69) is 48.6 Å². The first-order valence-corrected chi connectivity index (χ1v) is 9.93. The normalized spacial score (nSPS) is 18.1. The fourth-order valence-electron chi connectivity index (χ4n) is 3.49. The molecule has 2 aliphatic heterocycles. The minimum atomic E-state index is 0.763. The summed E-state index contributed by atoms with van der Waals surface area (Å²) in [5.74, 6) is 1.61. The smallest absolute Gasteiger partial charge is 0.135 e. The van der Waals surface area contributed by atoms with Crippen LogP contribution >= 0.6 is 0 Å². The highest BCUT2D eigenvalue weighted by molar-refractivity contribution is 5.74. The molecule has 2 aliphatic rings. The summed E-state index contributed by atoms with van der Waals surface area (Å²) < 4.78 is 10.9. The summed E-state index contributed by atoms with van der Waals surface area (Å²) in [6, 6.07) is 10.3. The van der Waals surface area contributed by atoms with Crippen LogP contribution in [-0.4, -0.2) is 80.6 Å². The van der Waals surface area contributed by atoms with E-state index in [1.54, 1.807) is 6.33 Å². The van der Waals surface area contributed by atoms with Crippen molar-refractivity contribution in [2.24, 2.45) is 0 Å². The van der Waals surface area contributed by atoms with Crippen molar-refractivity contribution < 1.29 is 9.47 Å². The Morgan fingerprint density at radius 3 is 2.43 bits per heavy atom. The van der Waals surface area contributed by atoms with Crippen LogP contribution in [0, 0.1) is 0 Å². The van der Waals surface area contributed by atoms with Crippen molar-refractivity contribution in [3.63, 3.8) is 0 Å². The highest BCUT2D eigenvalue weighted by atomic mass is 16.5. The van der Waals surface area contributed by atoms with Gasteiger partial charge in [-0.3, -0.25) is 4.90 Å². The second kappa shape index (κ2) is 9.68. The Hall–Kier alpha value is -2.42. The van der Waals surface area contributed by atoms with Crippen LogP contribution in [0.2, 0.25) is 0 Å². The molecule has 0 unspecified atom stereocenters. The minimum absolute atomic E-state index is 0.763. The molecule has 1 aromatic heterocycles. The van der Waals surface area contributed by atoms with Gasteiger partial charge in [-0.25, -0.2) is 9.97 Å².